The highest BCUT2D eigenvalue weighted by Gasteiger charge is 2.32. The lowest BCUT2D eigenvalue weighted by Crippen LogP contribution is -2.51. The van der Waals surface area contributed by atoms with Gasteiger partial charge in [0, 0.05) is 18.6 Å². The van der Waals surface area contributed by atoms with Gasteiger partial charge in [-0.05, 0) is 55.7 Å². The van der Waals surface area contributed by atoms with Crippen LogP contribution in [0, 0.1) is 6.92 Å². The Labute approximate surface area is 217 Å². The fraction of sp³-hybridized carbons (Fsp3) is 0.259. The predicted molar refractivity (Wildman–Crippen MR) is 143 cm³/mol. The van der Waals surface area contributed by atoms with Crippen LogP contribution >= 0.6 is 11.6 Å². The average molecular weight is 528 g/mol. The summed E-state index contributed by atoms with van der Waals surface area (Å²) < 4.78 is 28.5. The molecule has 3 aromatic rings. The summed E-state index contributed by atoms with van der Waals surface area (Å²) in [5, 5.41) is 2.92. The summed E-state index contributed by atoms with van der Waals surface area (Å²) in [6, 6.07) is 21.6. The number of likely N-dealkylation sites (N-methyl/N-ethyl adjacent to an activating group) is 1. The van der Waals surface area contributed by atoms with Crippen LogP contribution in [0.2, 0.25) is 5.02 Å². The second-order valence-corrected chi connectivity index (χ2v) is 10.7. The molecule has 1 atom stereocenters. The maximum Gasteiger partial charge on any atom is 0.264 e. The molecule has 9 heteroatoms. The number of carbonyl (C=O) groups excluding carboxylic acids is 2. The van der Waals surface area contributed by atoms with E-state index in [2.05, 4.69) is 5.32 Å². The number of aryl methyl sites for hydroxylation is 1. The number of amides is 2. The van der Waals surface area contributed by atoms with Gasteiger partial charge in [-0.3, -0.25) is 13.9 Å². The third-order valence-corrected chi connectivity index (χ3v) is 7.96. The molecule has 0 aliphatic heterocycles. The van der Waals surface area contributed by atoms with Crippen LogP contribution in [0.3, 0.4) is 0 Å². The number of anilines is 1. The molecule has 3 rings (SSSR count). The molecule has 0 saturated carbocycles. The number of carbonyl (C=O) groups is 2. The highest BCUT2D eigenvalue weighted by atomic mass is 35.5. The van der Waals surface area contributed by atoms with Crippen molar-refractivity contribution in [3.8, 4) is 0 Å². The molecule has 3 aromatic carbocycles. The SMILES string of the molecule is CNC(=O)C(C)N(CCc1ccccc1)C(=O)CN(c1cc(Cl)ccc1C)S(=O)(=O)c1ccccc1. The lowest BCUT2D eigenvalue weighted by molar-refractivity contribution is -0.138. The van der Waals surface area contributed by atoms with Gasteiger partial charge in [-0.2, -0.15) is 0 Å². The topological polar surface area (TPSA) is 86.8 Å². The van der Waals surface area contributed by atoms with E-state index in [-0.39, 0.29) is 17.3 Å². The van der Waals surface area contributed by atoms with Crippen LogP contribution in [0.4, 0.5) is 5.69 Å². The minimum atomic E-state index is -4.11. The first-order valence-electron chi connectivity index (χ1n) is 11.5. The molecule has 190 valence electrons. The van der Waals surface area contributed by atoms with Crippen molar-refractivity contribution in [2.24, 2.45) is 0 Å². The summed E-state index contributed by atoms with van der Waals surface area (Å²) in [6.07, 6.45) is 0.509. The number of hydrogen-bond acceptors (Lipinski definition) is 4. The minimum absolute atomic E-state index is 0.0485. The summed E-state index contributed by atoms with van der Waals surface area (Å²) in [4.78, 5) is 27.6. The number of nitrogens with one attached hydrogen (secondary N) is 1. The number of rotatable bonds is 10. The van der Waals surface area contributed by atoms with Gasteiger partial charge in [-0.1, -0.05) is 66.2 Å². The second kappa shape index (κ2) is 12.1. The van der Waals surface area contributed by atoms with Crippen LogP contribution in [0.25, 0.3) is 0 Å². The smallest absolute Gasteiger partial charge is 0.264 e. The van der Waals surface area contributed by atoms with Crippen molar-refractivity contribution in [3.05, 3.63) is 95.0 Å². The molecular formula is C27H30ClN3O4S. The van der Waals surface area contributed by atoms with Crippen molar-refractivity contribution in [2.75, 3.05) is 24.4 Å². The Hall–Kier alpha value is -3.36. The Balaban J connectivity index is 2.00. The van der Waals surface area contributed by atoms with E-state index in [0.29, 0.717) is 22.7 Å². The number of nitrogens with zero attached hydrogens (tertiary/aromatic N) is 2. The molecule has 0 aliphatic carbocycles. The van der Waals surface area contributed by atoms with Gasteiger partial charge in [0.2, 0.25) is 11.8 Å². The molecule has 7 nitrogen and oxygen atoms in total. The van der Waals surface area contributed by atoms with Gasteiger partial charge in [0.25, 0.3) is 10.0 Å². The second-order valence-electron chi connectivity index (χ2n) is 8.37. The van der Waals surface area contributed by atoms with E-state index in [0.717, 1.165) is 9.87 Å². The van der Waals surface area contributed by atoms with Crippen LogP contribution in [0.1, 0.15) is 18.1 Å². The number of benzene rings is 3. The number of halogens is 1. The van der Waals surface area contributed by atoms with Crippen molar-refractivity contribution in [1.29, 1.82) is 0 Å². The van der Waals surface area contributed by atoms with E-state index in [4.69, 9.17) is 11.6 Å². The maximum absolute atomic E-state index is 13.7. The third kappa shape index (κ3) is 6.44. The van der Waals surface area contributed by atoms with Crippen molar-refractivity contribution in [2.45, 2.75) is 31.2 Å². The van der Waals surface area contributed by atoms with Crippen molar-refractivity contribution in [3.63, 3.8) is 0 Å². The largest absolute Gasteiger partial charge is 0.357 e. The third-order valence-electron chi connectivity index (χ3n) is 5.95. The molecule has 0 spiro atoms. The average Bonchev–Trinajstić information content (AvgIpc) is 2.89. The normalized spacial score (nSPS) is 12.0. The van der Waals surface area contributed by atoms with Gasteiger partial charge in [-0.25, -0.2) is 8.42 Å². The number of hydrogen-bond donors (Lipinski definition) is 1. The summed E-state index contributed by atoms with van der Waals surface area (Å²) >= 11 is 6.21. The summed E-state index contributed by atoms with van der Waals surface area (Å²) in [5.74, 6) is -0.839. The molecule has 36 heavy (non-hydrogen) atoms. The van der Waals surface area contributed by atoms with Gasteiger partial charge < -0.3 is 10.2 Å². The maximum atomic E-state index is 13.7. The van der Waals surface area contributed by atoms with Gasteiger partial charge in [0.15, 0.2) is 0 Å². The van der Waals surface area contributed by atoms with Crippen LogP contribution in [-0.2, 0) is 26.0 Å². The Kier molecular flexibility index (Phi) is 9.12. The van der Waals surface area contributed by atoms with Crippen LogP contribution in [-0.4, -0.2) is 51.3 Å². The van der Waals surface area contributed by atoms with Gasteiger partial charge in [0.1, 0.15) is 12.6 Å². The quantitative estimate of drug-likeness (QED) is 0.431. The first-order chi connectivity index (χ1) is 17.1. The first kappa shape index (κ1) is 27.2. The van der Waals surface area contributed by atoms with E-state index in [1.807, 2.05) is 30.3 Å². The van der Waals surface area contributed by atoms with Crippen molar-refractivity contribution in [1.82, 2.24) is 10.2 Å². The van der Waals surface area contributed by atoms with E-state index >= 15 is 0 Å². The molecule has 0 radical (unpaired) electrons. The van der Waals surface area contributed by atoms with Crippen molar-refractivity contribution >= 4 is 39.1 Å². The fourth-order valence-corrected chi connectivity index (χ4v) is 5.52. The molecule has 2 amide bonds. The summed E-state index contributed by atoms with van der Waals surface area (Å²) in [7, 11) is -2.61. The summed E-state index contributed by atoms with van der Waals surface area (Å²) in [5.41, 5.74) is 1.94. The zero-order valence-corrected chi connectivity index (χ0v) is 22.1. The highest BCUT2D eigenvalue weighted by molar-refractivity contribution is 7.92. The minimum Gasteiger partial charge on any atom is -0.357 e. The summed E-state index contributed by atoms with van der Waals surface area (Å²) in [6.45, 7) is 3.13. The van der Waals surface area contributed by atoms with E-state index in [1.165, 1.54) is 30.1 Å². The zero-order chi connectivity index (χ0) is 26.3. The Morgan fingerprint density at radius 3 is 2.19 bits per heavy atom. The van der Waals surface area contributed by atoms with E-state index in [9.17, 15) is 18.0 Å². The molecule has 0 heterocycles. The van der Waals surface area contributed by atoms with Gasteiger partial charge in [0.05, 0.1) is 10.6 Å². The molecule has 1 unspecified atom stereocenters. The fourth-order valence-electron chi connectivity index (χ4n) is 3.86. The molecule has 1 N–H and O–H groups in total. The van der Waals surface area contributed by atoms with Gasteiger partial charge >= 0.3 is 0 Å². The van der Waals surface area contributed by atoms with Crippen LogP contribution < -0.4 is 9.62 Å². The molecule has 0 aliphatic rings. The highest BCUT2D eigenvalue weighted by Crippen LogP contribution is 2.29. The lowest BCUT2D eigenvalue weighted by atomic mass is 10.1. The van der Waals surface area contributed by atoms with Crippen LogP contribution in [0.5, 0.6) is 0 Å². The molecule has 0 saturated heterocycles. The molecule has 0 fully saturated rings. The zero-order valence-electron chi connectivity index (χ0n) is 20.5. The lowest BCUT2D eigenvalue weighted by Gasteiger charge is -2.32. The standard InChI is InChI=1S/C27H30ClN3O4S/c1-20-14-15-23(28)18-25(20)31(36(34,35)24-12-8-5-9-13-24)19-26(32)30(21(2)27(33)29-3)17-16-22-10-6-4-7-11-22/h4-15,18,21H,16-17,19H2,1-3H3,(H,29,33). The predicted octanol–water partition coefficient (Wildman–Crippen LogP) is 4.05. The van der Waals surface area contributed by atoms with E-state index < -0.39 is 28.5 Å². The van der Waals surface area contributed by atoms with Crippen LogP contribution in [0.15, 0.2) is 83.8 Å². The molecule has 0 aromatic heterocycles. The monoisotopic (exact) mass is 527 g/mol. The Morgan fingerprint density at radius 2 is 1.58 bits per heavy atom. The van der Waals surface area contributed by atoms with Crippen molar-refractivity contribution < 1.29 is 18.0 Å². The van der Waals surface area contributed by atoms with Gasteiger partial charge in [-0.15, -0.1) is 0 Å². The Morgan fingerprint density at radius 1 is 0.972 bits per heavy atom. The van der Waals surface area contributed by atoms with E-state index in [1.54, 1.807) is 44.2 Å². The molecule has 0 bridgehead atoms. The first-order valence-corrected chi connectivity index (χ1v) is 13.4. The number of sulfonamides is 1. The molecular weight excluding hydrogens is 498 g/mol. The Bertz CT molecular complexity index is 1300.